The van der Waals surface area contributed by atoms with Crippen LogP contribution in [0, 0.1) is 0 Å². The first-order valence-corrected chi connectivity index (χ1v) is 12.0. The van der Waals surface area contributed by atoms with E-state index in [2.05, 4.69) is 37.4 Å². The van der Waals surface area contributed by atoms with E-state index in [4.69, 9.17) is 9.84 Å². The summed E-state index contributed by atoms with van der Waals surface area (Å²) in [4.78, 5) is 29.1. The summed E-state index contributed by atoms with van der Waals surface area (Å²) >= 11 is 1.40. The zero-order valence-electron chi connectivity index (χ0n) is 18.8. The van der Waals surface area contributed by atoms with Crippen LogP contribution in [0.4, 0.5) is 5.13 Å². The van der Waals surface area contributed by atoms with Crippen molar-refractivity contribution in [3.63, 3.8) is 0 Å². The SMILES string of the molecule is O=c1[nH]c(COc2ccc(Cc3ccccc3)cc2)nc2c(-c3csc(NCCO)n3)nccc12. The number of aromatic nitrogens is 4. The molecule has 35 heavy (non-hydrogen) atoms. The number of nitrogens with one attached hydrogen (secondary N) is 2. The van der Waals surface area contributed by atoms with Crippen molar-refractivity contribution in [1.82, 2.24) is 19.9 Å². The van der Waals surface area contributed by atoms with Gasteiger partial charge in [-0.15, -0.1) is 11.3 Å². The van der Waals surface area contributed by atoms with Crippen LogP contribution in [0.2, 0.25) is 0 Å². The van der Waals surface area contributed by atoms with Gasteiger partial charge in [0, 0.05) is 18.1 Å². The number of hydrogen-bond acceptors (Lipinski definition) is 8. The minimum absolute atomic E-state index is 0.0114. The number of fused-ring (bicyclic) bond motifs is 1. The highest BCUT2D eigenvalue weighted by molar-refractivity contribution is 7.14. The van der Waals surface area contributed by atoms with Gasteiger partial charge in [0.25, 0.3) is 5.56 Å². The Morgan fingerprint density at radius 1 is 1.00 bits per heavy atom. The molecule has 0 unspecified atom stereocenters. The van der Waals surface area contributed by atoms with Gasteiger partial charge in [-0.25, -0.2) is 9.97 Å². The van der Waals surface area contributed by atoms with Crippen molar-refractivity contribution >= 4 is 27.4 Å². The number of aliphatic hydroxyl groups excluding tert-OH is 1. The van der Waals surface area contributed by atoms with Crippen LogP contribution in [0.1, 0.15) is 17.0 Å². The van der Waals surface area contributed by atoms with Gasteiger partial charge in [0.05, 0.1) is 12.0 Å². The molecule has 0 aliphatic rings. The number of aromatic amines is 1. The summed E-state index contributed by atoms with van der Waals surface area (Å²) in [5.74, 6) is 1.09. The van der Waals surface area contributed by atoms with E-state index in [1.54, 1.807) is 12.3 Å². The van der Waals surface area contributed by atoms with Crippen LogP contribution in [0.5, 0.6) is 5.75 Å². The zero-order chi connectivity index (χ0) is 24.0. The van der Waals surface area contributed by atoms with E-state index in [1.165, 1.54) is 22.5 Å². The van der Waals surface area contributed by atoms with Crippen molar-refractivity contribution in [3.8, 4) is 17.1 Å². The molecule has 0 amide bonds. The molecule has 5 aromatic rings. The fourth-order valence-electron chi connectivity index (χ4n) is 3.68. The van der Waals surface area contributed by atoms with Gasteiger partial charge in [0.1, 0.15) is 35.1 Å². The van der Waals surface area contributed by atoms with E-state index in [1.807, 2.05) is 47.8 Å². The molecule has 0 bridgehead atoms. The topological polar surface area (TPSA) is 113 Å². The second-order valence-electron chi connectivity index (χ2n) is 7.85. The van der Waals surface area contributed by atoms with E-state index in [0.717, 1.165) is 6.42 Å². The number of ether oxygens (including phenoxy) is 1. The van der Waals surface area contributed by atoms with Gasteiger partial charge in [0.2, 0.25) is 0 Å². The van der Waals surface area contributed by atoms with Crippen LogP contribution in [0.15, 0.2) is 77.0 Å². The molecule has 0 saturated heterocycles. The summed E-state index contributed by atoms with van der Waals surface area (Å²) < 4.78 is 5.89. The monoisotopic (exact) mass is 485 g/mol. The molecule has 0 spiro atoms. The second kappa shape index (κ2) is 10.5. The molecule has 0 fully saturated rings. The maximum absolute atomic E-state index is 12.7. The predicted octanol–water partition coefficient (Wildman–Crippen LogP) is 4.02. The Labute approximate surface area is 205 Å². The summed E-state index contributed by atoms with van der Waals surface area (Å²) in [6, 6.07) is 19.8. The Bertz CT molecular complexity index is 1480. The average molecular weight is 486 g/mol. The number of aliphatic hydroxyl groups is 1. The van der Waals surface area contributed by atoms with E-state index in [9.17, 15) is 4.79 Å². The highest BCUT2D eigenvalue weighted by Crippen LogP contribution is 2.27. The van der Waals surface area contributed by atoms with Crippen LogP contribution in [-0.4, -0.2) is 38.2 Å². The standard InChI is InChI=1S/C26H23N5O3S/c32-13-12-28-26-29-21(16-35-26)24-23-20(10-11-27-24)25(33)31-22(30-23)15-34-19-8-6-18(7-9-19)14-17-4-2-1-3-5-17/h1-11,16,32H,12-15H2,(H,28,29)(H,30,31,33). The lowest BCUT2D eigenvalue weighted by atomic mass is 10.1. The summed E-state index contributed by atoms with van der Waals surface area (Å²) in [6.07, 6.45) is 2.42. The predicted molar refractivity (Wildman–Crippen MR) is 137 cm³/mol. The lowest BCUT2D eigenvalue weighted by Gasteiger charge is -2.09. The first-order valence-electron chi connectivity index (χ1n) is 11.1. The molecule has 8 nitrogen and oxygen atoms in total. The van der Waals surface area contributed by atoms with Crippen molar-refractivity contribution in [2.24, 2.45) is 0 Å². The number of hydrogen-bond donors (Lipinski definition) is 3. The molecule has 0 aliphatic heterocycles. The Kier molecular flexibility index (Phi) is 6.78. The van der Waals surface area contributed by atoms with Crippen molar-refractivity contribution in [3.05, 3.63) is 99.5 Å². The van der Waals surface area contributed by atoms with Gasteiger partial charge >= 0.3 is 0 Å². The number of H-pyrrole nitrogens is 1. The smallest absolute Gasteiger partial charge is 0.258 e. The summed E-state index contributed by atoms with van der Waals surface area (Å²) in [6.45, 7) is 0.526. The molecule has 3 N–H and O–H groups in total. The Morgan fingerprint density at radius 3 is 2.60 bits per heavy atom. The van der Waals surface area contributed by atoms with Crippen molar-refractivity contribution in [2.45, 2.75) is 13.0 Å². The van der Waals surface area contributed by atoms with E-state index >= 15 is 0 Å². The molecular formula is C26H23N5O3S. The number of nitrogens with zero attached hydrogens (tertiary/aromatic N) is 3. The van der Waals surface area contributed by atoms with Crippen LogP contribution >= 0.6 is 11.3 Å². The Hall–Kier alpha value is -4.08. The minimum Gasteiger partial charge on any atom is -0.486 e. The number of anilines is 1. The van der Waals surface area contributed by atoms with Gasteiger partial charge in [-0.05, 0) is 35.7 Å². The van der Waals surface area contributed by atoms with Crippen molar-refractivity contribution < 1.29 is 9.84 Å². The molecule has 9 heteroatoms. The van der Waals surface area contributed by atoms with Crippen LogP contribution in [0.3, 0.4) is 0 Å². The fourth-order valence-corrected chi connectivity index (χ4v) is 4.40. The Morgan fingerprint density at radius 2 is 1.80 bits per heavy atom. The van der Waals surface area contributed by atoms with Gasteiger partial charge in [-0.3, -0.25) is 9.78 Å². The molecule has 3 aromatic heterocycles. The van der Waals surface area contributed by atoms with Crippen molar-refractivity contribution in [1.29, 1.82) is 0 Å². The third-order valence-corrected chi connectivity index (χ3v) is 6.16. The summed E-state index contributed by atoms with van der Waals surface area (Å²) in [7, 11) is 0. The number of thiazole rings is 1. The molecule has 3 heterocycles. The molecule has 0 atom stereocenters. The number of benzene rings is 2. The normalized spacial score (nSPS) is 11.0. The molecular weight excluding hydrogens is 462 g/mol. The lowest BCUT2D eigenvalue weighted by molar-refractivity contribution is 0.296. The maximum atomic E-state index is 12.7. The zero-order valence-corrected chi connectivity index (χ0v) is 19.6. The van der Waals surface area contributed by atoms with Crippen molar-refractivity contribution in [2.75, 3.05) is 18.5 Å². The summed E-state index contributed by atoms with van der Waals surface area (Å²) in [5.41, 5.74) is 3.78. The third-order valence-electron chi connectivity index (χ3n) is 5.36. The highest BCUT2D eigenvalue weighted by Gasteiger charge is 2.14. The van der Waals surface area contributed by atoms with Gasteiger partial charge in [-0.2, -0.15) is 0 Å². The Balaban J connectivity index is 1.34. The molecule has 176 valence electrons. The summed E-state index contributed by atoms with van der Waals surface area (Å²) in [5, 5.41) is 15.0. The van der Waals surface area contributed by atoms with Crippen LogP contribution in [-0.2, 0) is 13.0 Å². The largest absolute Gasteiger partial charge is 0.486 e. The van der Waals surface area contributed by atoms with Crippen LogP contribution < -0.4 is 15.6 Å². The number of pyridine rings is 1. The minimum atomic E-state index is -0.260. The lowest BCUT2D eigenvalue weighted by Crippen LogP contribution is -2.14. The van der Waals surface area contributed by atoms with E-state index in [0.29, 0.717) is 45.5 Å². The molecule has 2 aromatic carbocycles. The number of rotatable bonds is 9. The van der Waals surface area contributed by atoms with Crippen LogP contribution in [0.25, 0.3) is 22.3 Å². The van der Waals surface area contributed by atoms with E-state index < -0.39 is 0 Å². The molecule has 0 aliphatic carbocycles. The third kappa shape index (κ3) is 5.37. The van der Waals surface area contributed by atoms with Gasteiger partial charge < -0.3 is 20.1 Å². The van der Waals surface area contributed by atoms with E-state index in [-0.39, 0.29) is 18.8 Å². The quantitative estimate of drug-likeness (QED) is 0.289. The van der Waals surface area contributed by atoms with Gasteiger partial charge in [-0.1, -0.05) is 42.5 Å². The van der Waals surface area contributed by atoms with Gasteiger partial charge in [0.15, 0.2) is 5.13 Å². The maximum Gasteiger partial charge on any atom is 0.258 e. The molecule has 0 radical (unpaired) electrons. The second-order valence-corrected chi connectivity index (χ2v) is 8.71. The molecule has 0 saturated carbocycles. The highest BCUT2D eigenvalue weighted by atomic mass is 32.1. The first kappa shape index (κ1) is 22.7. The molecule has 5 rings (SSSR count). The fraction of sp³-hybridized carbons (Fsp3) is 0.154. The average Bonchev–Trinajstić information content (AvgIpc) is 3.36. The first-order chi connectivity index (χ1) is 17.2.